The van der Waals surface area contributed by atoms with Crippen molar-refractivity contribution in [3.8, 4) is 0 Å². The van der Waals surface area contributed by atoms with E-state index in [9.17, 15) is 9.59 Å². The molecule has 0 saturated carbocycles. The molecule has 68 valence electrons. The molecular formula is C7H12N2O3. The van der Waals surface area contributed by atoms with Crippen molar-refractivity contribution >= 4 is 11.9 Å². The maximum atomic E-state index is 10.6. The summed E-state index contributed by atoms with van der Waals surface area (Å²) in [6.07, 6.45) is 2.64. The number of hydrogen-bond donors (Lipinski definition) is 1. The van der Waals surface area contributed by atoms with E-state index in [1.807, 2.05) is 0 Å². The van der Waals surface area contributed by atoms with Crippen molar-refractivity contribution in [2.75, 3.05) is 20.7 Å². The van der Waals surface area contributed by atoms with E-state index in [1.165, 1.54) is 24.3 Å². The number of amides is 1. The highest BCUT2D eigenvalue weighted by molar-refractivity contribution is 5.81. The van der Waals surface area contributed by atoms with Gasteiger partial charge in [-0.2, -0.15) is 0 Å². The average molecular weight is 172 g/mol. The van der Waals surface area contributed by atoms with Gasteiger partial charge >= 0.3 is 5.97 Å². The van der Waals surface area contributed by atoms with E-state index < -0.39 is 11.9 Å². The maximum absolute atomic E-state index is 10.6. The van der Waals surface area contributed by atoms with Gasteiger partial charge in [0, 0.05) is 19.3 Å². The fraction of sp³-hybridized carbons (Fsp3) is 0.429. The van der Waals surface area contributed by atoms with Crippen LogP contribution in [0.5, 0.6) is 0 Å². The first-order chi connectivity index (χ1) is 5.56. The van der Waals surface area contributed by atoms with Crippen molar-refractivity contribution in [1.82, 2.24) is 4.90 Å². The fourth-order valence-electron chi connectivity index (χ4n) is 0.555. The van der Waals surface area contributed by atoms with Crippen LogP contribution in [-0.4, -0.2) is 37.5 Å². The Morgan fingerprint density at radius 2 is 2.17 bits per heavy atom. The van der Waals surface area contributed by atoms with Gasteiger partial charge in [-0.3, -0.25) is 4.79 Å². The highest BCUT2D eigenvalue weighted by atomic mass is 16.5. The number of nitrogens with two attached hydrogens (primary N) is 1. The van der Waals surface area contributed by atoms with E-state index in [2.05, 4.69) is 4.74 Å². The van der Waals surface area contributed by atoms with Crippen LogP contribution in [-0.2, 0) is 14.3 Å². The van der Waals surface area contributed by atoms with Crippen LogP contribution >= 0.6 is 0 Å². The molecule has 0 heterocycles. The number of carbonyl (C=O) groups excluding carboxylic acids is 2. The largest absolute Gasteiger partial charge is 0.466 e. The summed E-state index contributed by atoms with van der Waals surface area (Å²) in [4.78, 5) is 22.4. The molecule has 0 aliphatic rings. The third kappa shape index (κ3) is 5.28. The van der Waals surface area contributed by atoms with Crippen LogP contribution in [0.25, 0.3) is 0 Å². The molecule has 2 N–H and O–H groups in total. The summed E-state index contributed by atoms with van der Waals surface area (Å²) in [6.45, 7) is 0.0769. The number of carbonyl (C=O) groups is 2. The van der Waals surface area contributed by atoms with Crippen molar-refractivity contribution < 1.29 is 14.3 Å². The Labute approximate surface area is 70.8 Å². The Bertz CT molecular complexity index is 201. The molecule has 0 atom stereocenters. The van der Waals surface area contributed by atoms with Crippen molar-refractivity contribution in [2.24, 2.45) is 5.73 Å². The quantitative estimate of drug-likeness (QED) is 0.440. The molecule has 0 aliphatic heterocycles. The lowest BCUT2D eigenvalue weighted by Gasteiger charge is -2.09. The summed E-state index contributed by atoms with van der Waals surface area (Å²) < 4.78 is 4.34. The highest BCUT2D eigenvalue weighted by Crippen LogP contribution is 1.84. The molecule has 0 spiro atoms. The van der Waals surface area contributed by atoms with E-state index >= 15 is 0 Å². The highest BCUT2D eigenvalue weighted by Gasteiger charge is 1.97. The lowest BCUT2D eigenvalue weighted by molar-refractivity contribution is -0.135. The van der Waals surface area contributed by atoms with E-state index in [0.29, 0.717) is 0 Å². The van der Waals surface area contributed by atoms with E-state index in [0.717, 1.165) is 0 Å². The van der Waals surface area contributed by atoms with Gasteiger partial charge in [0.25, 0.3) is 0 Å². The number of ether oxygens (including phenoxy) is 1. The summed E-state index contributed by atoms with van der Waals surface area (Å²) >= 11 is 0. The molecule has 5 nitrogen and oxygen atoms in total. The number of primary amides is 1. The molecule has 0 unspecified atom stereocenters. The molecule has 0 saturated heterocycles. The van der Waals surface area contributed by atoms with Crippen molar-refractivity contribution in [3.63, 3.8) is 0 Å². The van der Waals surface area contributed by atoms with Gasteiger partial charge in [0.1, 0.15) is 0 Å². The molecule has 0 aliphatic carbocycles. The third-order valence-corrected chi connectivity index (χ3v) is 1.07. The number of hydrogen-bond acceptors (Lipinski definition) is 4. The number of esters is 1. The molecule has 0 radical (unpaired) electrons. The van der Waals surface area contributed by atoms with Gasteiger partial charge < -0.3 is 15.4 Å². The van der Waals surface area contributed by atoms with Gasteiger partial charge in [-0.25, -0.2) is 4.79 Å². The summed E-state index contributed by atoms with van der Waals surface area (Å²) in [6, 6.07) is 0. The first-order valence-corrected chi connectivity index (χ1v) is 3.31. The predicted octanol–water partition coefficient (Wildman–Crippen LogP) is -0.910. The van der Waals surface area contributed by atoms with Crippen LogP contribution in [0.3, 0.4) is 0 Å². The van der Waals surface area contributed by atoms with Crippen LogP contribution < -0.4 is 5.73 Å². The SMILES string of the molecule is COC(=O)C=CN(C)CC(N)=O. The number of methoxy groups -OCH3 is 1. The Hall–Kier alpha value is -1.52. The molecule has 1 amide bonds. The van der Waals surface area contributed by atoms with Gasteiger partial charge in [-0.05, 0) is 0 Å². The summed E-state index contributed by atoms with van der Waals surface area (Å²) in [5.41, 5.74) is 4.90. The lowest BCUT2D eigenvalue weighted by Crippen LogP contribution is -2.27. The van der Waals surface area contributed by atoms with Crippen LogP contribution in [0.2, 0.25) is 0 Å². The summed E-state index contributed by atoms with van der Waals surface area (Å²) in [7, 11) is 2.91. The summed E-state index contributed by atoms with van der Waals surface area (Å²) in [5, 5.41) is 0. The molecule has 0 aromatic heterocycles. The molecule has 0 rings (SSSR count). The van der Waals surface area contributed by atoms with Gasteiger partial charge in [0.05, 0.1) is 13.7 Å². The summed E-state index contributed by atoms with van der Waals surface area (Å²) in [5.74, 6) is -0.918. The second-order valence-electron chi connectivity index (χ2n) is 2.22. The lowest BCUT2D eigenvalue weighted by atomic mass is 10.5. The topological polar surface area (TPSA) is 72.6 Å². The van der Waals surface area contributed by atoms with Crippen molar-refractivity contribution in [3.05, 3.63) is 12.3 Å². The Balaban J connectivity index is 3.82. The normalized spacial score (nSPS) is 9.83. The van der Waals surface area contributed by atoms with E-state index in [4.69, 9.17) is 5.73 Å². The first-order valence-electron chi connectivity index (χ1n) is 3.31. The predicted molar refractivity (Wildman–Crippen MR) is 43.0 cm³/mol. The second kappa shape index (κ2) is 5.17. The fourth-order valence-corrected chi connectivity index (χ4v) is 0.555. The molecule has 5 heteroatoms. The minimum absolute atomic E-state index is 0.0769. The van der Waals surface area contributed by atoms with Crippen molar-refractivity contribution in [2.45, 2.75) is 0 Å². The zero-order chi connectivity index (χ0) is 9.56. The first kappa shape index (κ1) is 10.5. The zero-order valence-corrected chi connectivity index (χ0v) is 7.11. The Morgan fingerprint density at radius 1 is 1.58 bits per heavy atom. The molecule has 0 aromatic carbocycles. The maximum Gasteiger partial charge on any atom is 0.331 e. The smallest absolute Gasteiger partial charge is 0.331 e. The number of rotatable bonds is 4. The standard InChI is InChI=1S/C7H12N2O3/c1-9(5-6(8)10)4-3-7(11)12-2/h3-4H,5H2,1-2H3,(H2,8,10). The van der Waals surface area contributed by atoms with Crippen LogP contribution in [0, 0.1) is 0 Å². The molecular weight excluding hydrogens is 160 g/mol. The van der Waals surface area contributed by atoms with Gasteiger partial charge in [-0.15, -0.1) is 0 Å². The van der Waals surface area contributed by atoms with Crippen LogP contribution in [0.4, 0.5) is 0 Å². The van der Waals surface area contributed by atoms with Gasteiger partial charge in [0.2, 0.25) is 5.91 Å². The van der Waals surface area contributed by atoms with E-state index in [1.54, 1.807) is 7.05 Å². The Kier molecular flexibility index (Phi) is 4.52. The van der Waals surface area contributed by atoms with Crippen molar-refractivity contribution in [1.29, 1.82) is 0 Å². The Morgan fingerprint density at radius 3 is 2.58 bits per heavy atom. The third-order valence-electron chi connectivity index (χ3n) is 1.07. The van der Waals surface area contributed by atoms with E-state index in [-0.39, 0.29) is 6.54 Å². The molecule has 0 aromatic rings. The zero-order valence-electron chi connectivity index (χ0n) is 7.11. The molecule has 0 bridgehead atoms. The molecule has 12 heavy (non-hydrogen) atoms. The van der Waals surface area contributed by atoms with Gasteiger partial charge in [0.15, 0.2) is 0 Å². The second-order valence-corrected chi connectivity index (χ2v) is 2.22. The number of nitrogens with zero attached hydrogens (tertiary/aromatic N) is 1. The minimum atomic E-state index is -0.466. The van der Waals surface area contributed by atoms with Gasteiger partial charge in [-0.1, -0.05) is 0 Å². The minimum Gasteiger partial charge on any atom is -0.466 e. The number of likely N-dealkylation sites (N-methyl/N-ethyl adjacent to an activating group) is 1. The molecule has 0 fully saturated rings. The van der Waals surface area contributed by atoms with Crippen LogP contribution in [0.15, 0.2) is 12.3 Å². The van der Waals surface area contributed by atoms with Crippen LogP contribution in [0.1, 0.15) is 0 Å². The monoisotopic (exact) mass is 172 g/mol. The average Bonchev–Trinajstić information content (AvgIpc) is 1.99.